The molecule has 0 fully saturated rings. The summed E-state index contributed by atoms with van der Waals surface area (Å²) < 4.78 is 31.7. The third-order valence-corrected chi connectivity index (χ3v) is 5.38. The third kappa shape index (κ3) is 5.71. The number of aryl methyl sites for hydroxylation is 1. The van der Waals surface area contributed by atoms with E-state index in [1.54, 1.807) is 36.1 Å². The minimum Gasteiger partial charge on any atom is -0.428 e. The molecule has 160 valence electrons. The molecule has 1 amide bonds. The lowest BCUT2D eigenvalue weighted by Crippen LogP contribution is -2.30. The monoisotopic (exact) mass is 502 g/mol. The summed E-state index contributed by atoms with van der Waals surface area (Å²) >= 11 is 3.41. The number of hydrogen-bond acceptors (Lipinski definition) is 7. The van der Waals surface area contributed by atoms with Gasteiger partial charge in [0.15, 0.2) is 5.69 Å². The first kappa shape index (κ1) is 22.5. The summed E-state index contributed by atoms with van der Waals surface area (Å²) in [5.74, 6) is -0.580. The standard InChI is InChI=1S/C21H19BrN4O4S/c1-3-18-19(20(27)25-31(2,28)29)24-21(30-18)26(13-15-4-8-16(22)9-5-15)17-10-6-14(12-23)7-11-17/h4-11H,3,13H2,1-2H3,(H,25,27). The number of sulfonamides is 1. The first-order valence-corrected chi connectivity index (χ1v) is 11.9. The topological polar surface area (TPSA) is 116 Å². The fourth-order valence-electron chi connectivity index (χ4n) is 2.85. The predicted octanol–water partition coefficient (Wildman–Crippen LogP) is 3.90. The third-order valence-electron chi connectivity index (χ3n) is 4.29. The highest BCUT2D eigenvalue weighted by atomic mass is 79.9. The van der Waals surface area contributed by atoms with E-state index in [-0.39, 0.29) is 17.5 Å². The van der Waals surface area contributed by atoms with Crippen LogP contribution in [0.4, 0.5) is 11.7 Å². The molecular formula is C21H19BrN4O4S. The molecule has 0 radical (unpaired) electrons. The molecule has 0 aliphatic rings. The lowest BCUT2D eigenvalue weighted by molar-refractivity contribution is 0.0975. The van der Waals surface area contributed by atoms with Gasteiger partial charge in [0.2, 0.25) is 10.0 Å². The molecule has 0 spiro atoms. The molecular weight excluding hydrogens is 484 g/mol. The van der Waals surface area contributed by atoms with Crippen LogP contribution < -0.4 is 9.62 Å². The Bertz CT molecular complexity index is 1230. The van der Waals surface area contributed by atoms with Crippen molar-refractivity contribution in [2.24, 2.45) is 0 Å². The van der Waals surface area contributed by atoms with Crippen LogP contribution in [-0.2, 0) is 23.0 Å². The molecule has 31 heavy (non-hydrogen) atoms. The fourth-order valence-corrected chi connectivity index (χ4v) is 3.54. The Labute approximate surface area is 188 Å². The van der Waals surface area contributed by atoms with E-state index >= 15 is 0 Å². The molecule has 2 aromatic carbocycles. The molecule has 0 atom stereocenters. The molecule has 0 saturated carbocycles. The summed E-state index contributed by atoms with van der Waals surface area (Å²) in [5, 5.41) is 9.08. The van der Waals surface area contributed by atoms with Crippen LogP contribution in [0.2, 0.25) is 0 Å². The molecule has 0 aliphatic carbocycles. The van der Waals surface area contributed by atoms with Gasteiger partial charge in [-0.1, -0.05) is 35.0 Å². The average molecular weight is 503 g/mol. The normalized spacial score (nSPS) is 11.0. The van der Waals surface area contributed by atoms with Crippen LogP contribution in [-0.4, -0.2) is 25.6 Å². The molecule has 10 heteroatoms. The van der Waals surface area contributed by atoms with E-state index in [0.717, 1.165) is 16.3 Å². The lowest BCUT2D eigenvalue weighted by Gasteiger charge is -2.21. The van der Waals surface area contributed by atoms with Gasteiger partial charge in [-0.15, -0.1) is 0 Å². The number of oxazole rings is 1. The summed E-state index contributed by atoms with van der Waals surface area (Å²) in [6.07, 6.45) is 1.24. The van der Waals surface area contributed by atoms with Crippen LogP contribution in [0.1, 0.15) is 34.3 Å². The maximum absolute atomic E-state index is 12.4. The number of benzene rings is 2. The Hall–Kier alpha value is -3.16. The molecule has 1 N–H and O–H groups in total. The van der Waals surface area contributed by atoms with Crippen molar-refractivity contribution in [3.8, 4) is 6.07 Å². The molecule has 8 nitrogen and oxygen atoms in total. The summed E-state index contributed by atoms with van der Waals surface area (Å²) in [7, 11) is -3.75. The van der Waals surface area contributed by atoms with Crippen LogP contribution in [0, 0.1) is 11.3 Å². The van der Waals surface area contributed by atoms with Crippen molar-refractivity contribution < 1.29 is 17.6 Å². The highest BCUT2D eigenvalue weighted by Crippen LogP contribution is 2.30. The number of nitrogens with one attached hydrogen (secondary N) is 1. The number of rotatable bonds is 7. The Balaban J connectivity index is 2.04. The number of aromatic nitrogens is 1. The highest BCUT2D eigenvalue weighted by Gasteiger charge is 2.25. The van der Waals surface area contributed by atoms with Gasteiger partial charge in [0.25, 0.3) is 5.91 Å². The van der Waals surface area contributed by atoms with Gasteiger partial charge in [-0.2, -0.15) is 10.2 Å². The van der Waals surface area contributed by atoms with E-state index in [1.807, 2.05) is 29.0 Å². The van der Waals surface area contributed by atoms with Gasteiger partial charge in [-0.05, 0) is 42.0 Å². The molecule has 0 saturated heterocycles. The summed E-state index contributed by atoms with van der Waals surface area (Å²) in [6, 6.07) is 16.7. The number of carbonyl (C=O) groups excluding carboxylic acids is 1. The van der Waals surface area contributed by atoms with Gasteiger partial charge in [-0.25, -0.2) is 13.1 Å². The van der Waals surface area contributed by atoms with E-state index < -0.39 is 15.9 Å². The van der Waals surface area contributed by atoms with Gasteiger partial charge in [0.1, 0.15) is 5.76 Å². The second-order valence-electron chi connectivity index (χ2n) is 6.70. The van der Waals surface area contributed by atoms with Crippen molar-refractivity contribution in [1.82, 2.24) is 9.71 Å². The van der Waals surface area contributed by atoms with E-state index in [2.05, 4.69) is 27.0 Å². The number of carbonyl (C=O) groups is 1. The number of nitriles is 1. The minimum absolute atomic E-state index is 0.0858. The van der Waals surface area contributed by atoms with Crippen LogP contribution in [0.3, 0.4) is 0 Å². The quantitative estimate of drug-likeness (QED) is 0.520. The van der Waals surface area contributed by atoms with Crippen LogP contribution in [0.25, 0.3) is 0 Å². The number of halogens is 1. The molecule has 0 unspecified atom stereocenters. The zero-order valence-electron chi connectivity index (χ0n) is 16.8. The molecule has 3 rings (SSSR count). The molecule has 1 heterocycles. The van der Waals surface area contributed by atoms with Gasteiger partial charge in [-0.3, -0.25) is 9.69 Å². The first-order valence-electron chi connectivity index (χ1n) is 9.24. The van der Waals surface area contributed by atoms with E-state index in [0.29, 0.717) is 24.2 Å². The molecule has 3 aromatic rings. The Kier molecular flexibility index (Phi) is 6.77. The van der Waals surface area contributed by atoms with Crippen LogP contribution in [0.5, 0.6) is 0 Å². The predicted molar refractivity (Wildman–Crippen MR) is 119 cm³/mol. The summed E-state index contributed by atoms with van der Waals surface area (Å²) in [6.45, 7) is 2.15. The minimum atomic E-state index is -3.75. The lowest BCUT2D eigenvalue weighted by atomic mass is 10.2. The van der Waals surface area contributed by atoms with Crippen LogP contribution >= 0.6 is 15.9 Å². The van der Waals surface area contributed by atoms with Crippen molar-refractivity contribution in [3.63, 3.8) is 0 Å². The van der Waals surface area contributed by atoms with Gasteiger partial charge < -0.3 is 4.42 Å². The average Bonchev–Trinajstić information content (AvgIpc) is 3.17. The fraction of sp³-hybridized carbons (Fsp3) is 0.190. The van der Waals surface area contributed by atoms with Crippen LogP contribution in [0.15, 0.2) is 57.4 Å². The van der Waals surface area contributed by atoms with Crippen molar-refractivity contribution in [2.45, 2.75) is 19.9 Å². The largest absolute Gasteiger partial charge is 0.428 e. The van der Waals surface area contributed by atoms with Gasteiger partial charge in [0, 0.05) is 16.6 Å². The maximum Gasteiger partial charge on any atom is 0.303 e. The number of hydrogen-bond donors (Lipinski definition) is 1. The summed E-state index contributed by atoms with van der Waals surface area (Å²) in [4.78, 5) is 18.5. The number of nitrogens with zero attached hydrogens (tertiary/aromatic N) is 3. The molecule has 1 aromatic heterocycles. The second-order valence-corrected chi connectivity index (χ2v) is 9.36. The van der Waals surface area contributed by atoms with E-state index in [9.17, 15) is 13.2 Å². The Morgan fingerprint density at radius 1 is 1.19 bits per heavy atom. The SMILES string of the molecule is CCc1oc(N(Cc2ccc(Br)cc2)c2ccc(C#N)cc2)nc1C(=O)NS(C)(=O)=O. The smallest absolute Gasteiger partial charge is 0.303 e. The van der Waals surface area contributed by atoms with Crippen molar-refractivity contribution in [2.75, 3.05) is 11.2 Å². The number of anilines is 2. The molecule has 0 bridgehead atoms. The molecule has 0 aliphatic heterocycles. The van der Waals surface area contributed by atoms with Crippen molar-refractivity contribution >= 4 is 43.6 Å². The van der Waals surface area contributed by atoms with Crippen molar-refractivity contribution in [1.29, 1.82) is 5.26 Å². The first-order chi connectivity index (χ1) is 14.7. The van der Waals surface area contributed by atoms with E-state index in [1.165, 1.54) is 0 Å². The zero-order valence-corrected chi connectivity index (χ0v) is 19.2. The van der Waals surface area contributed by atoms with E-state index in [4.69, 9.17) is 9.68 Å². The zero-order chi connectivity index (χ0) is 22.6. The van der Waals surface area contributed by atoms with Gasteiger partial charge >= 0.3 is 6.01 Å². The van der Waals surface area contributed by atoms with Crippen molar-refractivity contribution in [3.05, 3.63) is 75.6 Å². The highest BCUT2D eigenvalue weighted by molar-refractivity contribution is 9.10. The second kappa shape index (κ2) is 9.32. The maximum atomic E-state index is 12.4. The Morgan fingerprint density at radius 3 is 2.39 bits per heavy atom. The Morgan fingerprint density at radius 2 is 1.84 bits per heavy atom. The van der Waals surface area contributed by atoms with Gasteiger partial charge in [0.05, 0.1) is 24.4 Å². The summed E-state index contributed by atoms with van der Waals surface area (Å²) in [5.41, 5.74) is 2.06. The number of amides is 1.